The summed E-state index contributed by atoms with van der Waals surface area (Å²) in [4.78, 5) is 17.0. The second-order valence-electron chi connectivity index (χ2n) is 5.49. The highest BCUT2D eigenvalue weighted by molar-refractivity contribution is 5.73. The van der Waals surface area contributed by atoms with Gasteiger partial charge in [0, 0.05) is 33.1 Å². The van der Waals surface area contributed by atoms with Crippen LogP contribution in [0, 0.1) is 0 Å². The molecule has 1 heterocycles. The van der Waals surface area contributed by atoms with E-state index in [0.29, 0.717) is 32.7 Å². The van der Waals surface area contributed by atoms with Crippen molar-refractivity contribution < 1.29 is 15.0 Å². The maximum Gasteiger partial charge on any atom is 0.219 e. The molecule has 0 aromatic carbocycles. The van der Waals surface area contributed by atoms with Crippen LogP contribution in [0.3, 0.4) is 0 Å². The summed E-state index contributed by atoms with van der Waals surface area (Å²) in [5.74, 6) is -0.00986. The standard InChI is InChI=1S/C14H29N3O3/c1-4-6-15(5-2)9-13(19)10-17-8-7-16(12(3)18)11-14(17)20/h13-14,19-20H,4-11H2,1-3H3. The first-order valence-corrected chi connectivity index (χ1v) is 7.55. The second kappa shape index (κ2) is 8.56. The van der Waals surface area contributed by atoms with Gasteiger partial charge < -0.3 is 20.0 Å². The maximum absolute atomic E-state index is 11.3. The van der Waals surface area contributed by atoms with Crippen LogP contribution in [-0.4, -0.2) is 89.0 Å². The zero-order chi connectivity index (χ0) is 15.1. The van der Waals surface area contributed by atoms with Crippen LogP contribution in [0.4, 0.5) is 0 Å². The van der Waals surface area contributed by atoms with Crippen LogP contribution in [0.15, 0.2) is 0 Å². The number of carbonyl (C=O) groups excluding carboxylic acids is 1. The topological polar surface area (TPSA) is 67.2 Å². The molecule has 0 aromatic heterocycles. The molecule has 1 fully saturated rings. The quantitative estimate of drug-likeness (QED) is 0.664. The highest BCUT2D eigenvalue weighted by Gasteiger charge is 2.28. The van der Waals surface area contributed by atoms with Crippen molar-refractivity contribution in [3.63, 3.8) is 0 Å². The number of likely N-dealkylation sites (N-methyl/N-ethyl adjacent to an activating group) is 1. The fraction of sp³-hybridized carbons (Fsp3) is 0.929. The minimum Gasteiger partial charge on any atom is -0.390 e. The molecule has 2 N–H and O–H groups in total. The predicted octanol–water partition coefficient (Wildman–Crippen LogP) is -0.438. The number of aliphatic hydroxyl groups excluding tert-OH is 2. The van der Waals surface area contributed by atoms with Crippen LogP contribution in [0.5, 0.6) is 0 Å². The number of nitrogens with zero attached hydrogens (tertiary/aromatic N) is 3. The van der Waals surface area contributed by atoms with E-state index in [1.807, 2.05) is 4.90 Å². The number of piperazine rings is 1. The summed E-state index contributed by atoms with van der Waals surface area (Å²) in [6.07, 6.45) is -0.0796. The Morgan fingerprint density at radius 3 is 2.60 bits per heavy atom. The molecule has 1 saturated heterocycles. The van der Waals surface area contributed by atoms with Gasteiger partial charge >= 0.3 is 0 Å². The van der Waals surface area contributed by atoms with Gasteiger partial charge in [-0.25, -0.2) is 0 Å². The summed E-state index contributed by atoms with van der Waals surface area (Å²) >= 11 is 0. The summed E-state index contributed by atoms with van der Waals surface area (Å²) in [5, 5.41) is 20.2. The number of carbonyl (C=O) groups is 1. The molecule has 20 heavy (non-hydrogen) atoms. The predicted molar refractivity (Wildman–Crippen MR) is 78.2 cm³/mol. The molecule has 0 aromatic rings. The van der Waals surface area contributed by atoms with Gasteiger partial charge in [-0.3, -0.25) is 9.69 Å². The third kappa shape index (κ3) is 5.36. The van der Waals surface area contributed by atoms with Gasteiger partial charge in [0.25, 0.3) is 0 Å². The van der Waals surface area contributed by atoms with Crippen LogP contribution in [0.2, 0.25) is 0 Å². The second-order valence-corrected chi connectivity index (χ2v) is 5.49. The first-order chi connectivity index (χ1) is 9.47. The van der Waals surface area contributed by atoms with E-state index in [2.05, 4.69) is 18.7 Å². The molecule has 6 heteroatoms. The van der Waals surface area contributed by atoms with Crippen molar-refractivity contribution in [3.05, 3.63) is 0 Å². The molecular weight excluding hydrogens is 258 g/mol. The summed E-state index contributed by atoms with van der Waals surface area (Å²) < 4.78 is 0. The number of hydrogen-bond acceptors (Lipinski definition) is 5. The van der Waals surface area contributed by atoms with Gasteiger partial charge in [0.1, 0.15) is 6.23 Å². The summed E-state index contributed by atoms with van der Waals surface area (Å²) in [5.41, 5.74) is 0. The van der Waals surface area contributed by atoms with Gasteiger partial charge in [0.2, 0.25) is 5.91 Å². The zero-order valence-electron chi connectivity index (χ0n) is 13.0. The van der Waals surface area contributed by atoms with Crippen molar-refractivity contribution in [2.24, 2.45) is 0 Å². The van der Waals surface area contributed by atoms with Crippen LogP contribution in [-0.2, 0) is 4.79 Å². The fourth-order valence-corrected chi connectivity index (χ4v) is 2.62. The third-order valence-corrected chi connectivity index (χ3v) is 3.81. The Balaban J connectivity index is 2.38. The van der Waals surface area contributed by atoms with Crippen LogP contribution in [0.25, 0.3) is 0 Å². The molecule has 1 rings (SSSR count). The lowest BCUT2D eigenvalue weighted by Crippen LogP contribution is -2.56. The van der Waals surface area contributed by atoms with Crippen molar-refractivity contribution in [3.8, 4) is 0 Å². The van der Waals surface area contributed by atoms with Gasteiger partial charge in [-0.15, -0.1) is 0 Å². The van der Waals surface area contributed by atoms with Crippen molar-refractivity contribution >= 4 is 5.91 Å². The molecule has 0 aliphatic carbocycles. The van der Waals surface area contributed by atoms with E-state index in [9.17, 15) is 15.0 Å². The molecule has 118 valence electrons. The van der Waals surface area contributed by atoms with Gasteiger partial charge in [-0.05, 0) is 19.5 Å². The van der Waals surface area contributed by atoms with Crippen LogP contribution in [0.1, 0.15) is 27.2 Å². The summed E-state index contributed by atoms with van der Waals surface area (Å²) in [7, 11) is 0. The molecule has 1 amide bonds. The monoisotopic (exact) mass is 287 g/mol. The lowest BCUT2D eigenvalue weighted by molar-refractivity contribution is -0.139. The Morgan fingerprint density at radius 1 is 1.40 bits per heavy atom. The van der Waals surface area contributed by atoms with Gasteiger partial charge in [-0.1, -0.05) is 13.8 Å². The van der Waals surface area contributed by atoms with Gasteiger partial charge in [0.15, 0.2) is 0 Å². The average Bonchev–Trinajstić information content (AvgIpc) is 2.40. The van der Waals surface area contributed by atoms with Gasteiger partial charge in [-0.2, -0.15) is 0 Å². The van der Waals surface area contributed by atoms with Crippen molar-refractivity contribution in [1.82, 2.24) is 14.7 Å². The van der Waals surface area contributed by atoms with Crippen LogP contribution >= 0.6 is 0 Å². The molecule has 0 bridgehead atoms. The van der Waals surface area contributed by atoms with Crippen molar-refractivity contribution in [2.45, 2.75) is 39.5 Å². The molecule has 2 unspecified atom stereocenters. The molecule has 6 nitrogen and oxygen atoms in total. The maximum atomic E-state index is 11.3. The Kier molecular flexibility index (Phi) is 7.43. The molecule has 0 radical (unpaired) electrons. The van der Waals surface area contributed by atoms with E-state index in [0.717, 1.165) is 19.5 Å². The lowest BCUT2D eigenvalue weighted by Gasteiger charge is -2.39. The Labute approximate surface area is 122 Å². The van der Waals surface area contributed by atoms with Crippen LogP contribution < -0.4 is 0 Å². The first-order valence-electron chi connectivity index (χ1n) is 7.55. The number of aliphatic hydroxyl groups is 2. The molecule has 2 atom stereocenters. The third-order valence-electron chi connectivity index (χ3n) is 3.81. The molecule has 0 spiro atoms. The Bertz CT molecular complexity index is 301. The molecule has 1 aliphatic heterocycles. The van der Waals surface area contributed by atoms with E-state index in [1.165, 1.54) is 6.92 Å². The number of rotatable bonds is 7. The highest BCUT2D eigenvalue weighted by Crippen LogP contribution is 2.09. The summed E-state index contributed by atoms with van der Waals surface area (Å²) in [6.45, 7) is 10.3. The lowest BCUT2D eigenvalue weighted by atomic mass is 10.2. The molecule has 0 saturated carbocycles. The number of hydrogen-bond donors (Lipinski definition) is 2. The smallest absolute Gasteiger partial charge is 0.219 e. The SMILES string of the molecule is CCCN(CC)CC(O)CN1CCN(C(C)=O)CC1O. The number of β-amino-alcohol motifs (C(OH)–C–C–N with tert-alkyl or cyclic N) is 2. The van der Waals surface area contributed by atoms with Crippen molar-refractivity contribution in [1.29, 1.82) is 0 Å². The largest absolute Gasteiger partial charge is 0.390 e. The van der Waals surface area contributed by atoms with E-state index in [1.54, 1.807) is 4.90 Å². The van der Waals surface area contributed by atoms with Gasteiger partial charge in [0.05, 0.1) is 12.6 Å². The molecule has 1 aliphatic rings. The van der Waals surface area contributed by atoms with E-state index in [4.69, 9.17) is 0 Å². The zero-order valence-corrected chi connectivity index (χ0v) is 13.0. The summed E-state index contributed by atoms with van der Waals surface area (Å²) in [6, 6.07) is 0. The number of amides is 1. The minimum atomic E-state index is -0.677. The minimum absolute atomic E-state index is 0.00986. The van der Waals surface area contributed by atoms with E-state index >= 15 is 0 Å². The van der Waals surface area contributed by atoms with E-state index in [-0.39, 0.29) is 5.91 Å². The van der Waals surface area contributed by atoms with Crippen molar-refractivity contribution in [2.75, 3.05) is 45.8 Å². The first kappa shape index (κ1) is 17.4. The highest BCUT2D eigenvalue weighted by atomic mass is 16.3. The Hall–Kier alpha value is -0.690. The normalized spacial score (nSPS) is 22.3. The fourth-order valence-electron chi connectivity index (χ4n) is 2.62. The average molecular weight is 287 g/mol. The van der Waals surface area contributed by atoms with E-state index < -0.39 is 12.3 Å². The Morgan fingerprint density at radius 2 is 2.10 bits per heavy atom. The molecular formula is C14H29N3O3.